The minimum Gasteiger partial charge on any atom is -0.381 e. The van der Waals surface area contributed by atoms with Crippen molar-refractivity contribution in [1.29, 1.82) is 5.41 Å². The molecule has 0 aromatic carbocycles. The van der Waals surface area contributed by atoms with Crippen molar-refractivity contribution in [1.82, 2.24) is 15.0 Å². The molecule has 2 heterocycles. The zero-order valence-electron chi connectivity index (χ0n) is 10.2. The minimum atomic E-state index is -0.131. The molecular formula is C12H15N5. The lowest BCUT2D eigenvalue weighted by molar-refractivity contribution is 0.588. The second kappa shape index (κ2) is 3.76. The van der Waals surface area contributed by atoms with Gasteiger partial charge in [0.25, 0.3) is 0 Å². The van der Waals surface area contributed by atoms with Gasteiger partial charge in [-0.05, 0) is 17.0 Å². The van der Waals surface area contributed by atoms with E-state index in [1.165, 1.54) is 0 Å². The van der Waals surface area contributed by atoms with Crippen LogP contribution in [0.25, 0.3) is 11.0 Å². The Balaban J connectivity index is 2.62. The van der Waals surface area contributed by atoms with E-state index in [9.17, 15) is 0 Å². The summed E-state index contributed by atoms with van der Waals surface area (Å²) in [5.74, 6) is 0.110. The molecule has 0 unspecified atom stereocenters. The van der Waals surface area contributed by atoms with Gasteiger partial charge in [0.2, 0.25) is 0 Å². The fourth-order valence-electron chi connectivity index (χ4n) is 1.46. The quantitative estimate of drug-likeness (QED) is 0.574. The third-order valence-electron chi connectivity index (χ3n) is 2.54. The Bertz CT molecular complexity index is 583. The SMILES string of the molecule is CC(C)(C)c1cnc2cnc(C(=N)N)nc2c1. The molecule has 2 aromatic rings. The monoisotopic (exact) mass is 229 g/mol. The molecule has 2 aromatic heterocycles. The first kappa shape index (κ1) is 11.4. The van der Waals surface area contributed by atoms with Crippen molar-refractivity contribution < 1.29 is 0 Å². The van der Waals surface area contributed by atoms with Gasteiger partial charge in [0.05, 0.1) is 11.7 Å². The van der Waals surface area contributed by atoms with Gasteiger partial charge < -0.3 is 5.73 Å². The zero-order chi connectivity index (χ0) is 12.6. The molecule has 0 aliphatic rings. The van der Waals surface area contributed by atoms with Crippen LogP contribution in [0.4, 0.5) is 0 Å². The van der Waals surface area contributed by atoms with Crippen molar-refractivity contribution in [2.75, 3.05) is 0 Å². The summed E-state index contributed by atoms with van der Waals surface area (Å²) in [5, 5.41) is 7.32. The molecule has 0 fully saturated rings. The molecule has 0 amide bonds. The lowest BCUT2D eigenvalue weighted by Crippen LogP contribution is -2.16. The van der Waals surface area contributed by atoms with Crippen molar-refractivity contribution in [3.05, 3.63) is 29.8 Å². The third-order valence-corrected chi connectivity index (χ3v) is 2.54. The Hall–Kier alpha value is -2.04. The maximum Gasteiger partial charge on any atom is 0.195 e. The molecule has 0 saturated heterocycles. The number of rotatable bonds is 1. The number of nitrogens with two attached hydrogens (primary N) is 1. The van der Waals surface area contributed by atoms with E-state index in [2.05, 4.69) is 35.7 Å². The van der Waals surface area contributed by atoms with Crippen molar-refractivity contribution in [2.24, 2.45) is 5.73 Å². The first-order chi connectivity index (χ1) is 7.88. The molecule has 88 valence electrons. The van der Waals surface area contributed by atoms with E-state index < -0.39 is 0 Å². The van der Waals surface area contributed by atoms with Gasteiger partial charge in [0.15, 0.2) is 11.7 Å². The fraction of sp³-hybridized carbons (Fsp3) is 0.333. The molecule has 0 spiro atoms. The zero-order valence-corrected chi connectivity index (χ0v) is 10.2. The Kier molecular flexibility index (Phi) is 2.53. The van der Waals surface area contributed by atoms with Gasteiger partial charge >= 0.3 is 0 Å². The molecule has 5 nitrogen and oxygen atoms in total. The number of hydrogen-bond acceptors (Lipinski definition) is 4. The van der Waals surface area contributed by atoms with Gasteiger partial charge in [-0.1, -0.05) is 20.8 Å². The predicted molar refractivity (Wildman–Crippen MR) is 67.0 cm³/mol. The van der Waals surface area contributed by atoms with Crippen LogP contribution < -0.4 is 5.73 Å². The number of nitrogens with one attached hydrogen (secondary N) is 1. The van der Waals surface area contributed by atoms with Crippen LogP contribution in [0.2, 0.25) is 0 Å². The number of nitrogen functional groups attached to an aromatic ring is 1. The number of aromatic nitrogens is 3. The summed E-state index contributed by atoms with van der Waals surface area (Å²) in [6.45, 7) is 6.34. The van der Waals surface area contributed by atoms with E-state index in [0.717, 1.165) is 11.1 Å². The van der Waals surface area contributed by atoms with Crippen molar-refractivity contribution >= 4 is 16.9 Å². The average Bonchev–Trinajstić information content (AvgIpc) is 2.26. The molecule has 17 heavy (non-hydrogen) atoms. The van der Waals surface area contributed by atoms with Crippen LogP contribution in [-0.4, -0.2) is 20.8 Å². The summed E-state index contributed by atoms with van der Waals surface area (Å²) in [6, 6.07) is 1.97. The van der Waals surface area contributed by atoms with Crippen LogP contribution in [0.1, 0.15) is 32.2 Å². The summed E-state index contributed by atoms with van der Waals surface area (Å²) < 4.78 is 0. The van der Waals surface area contributed by atoms with E-state index >= 15 is 0 Å². The number of nitrogens with zero attached hydrogens (tertiary/aromatic N) is 3. The number of fused-ring (bicyclic) bond motifs is 1. The van der Waals surface area contributed by atoms with Gasteiger partial charge in [-0.3, -0.25) is 10.4 Å². The number of hydrogen-bond donors (Lipinski definition) is 2. The van der Waals surface area contributed by atoms with Gasteiger partial charge in [0.1, 0.15) is 5.52 Å². The van der Waals surface area contributed by atoms with Crippen LogP contribution in [0.15, 0.2) is 18.5 Å². The smallest absolute Gasteiger partial charge is 0.195 e. The highest BCUT2D eigenvalue weighted by atomic mass is 14.9. The highest BCUT2D eigenvalue weighted by Crippen LogP contribution is 2.23. The summed E-state index contributed by atoms with van der Waals surface area (Å²) in [7, 11) is 0. The Morgan fingerprint density at radius 3 is 2.47 bits per heavy atom. The lowest BCUT2D eigenvalue weighted by Gasteiger charge is -2.18. The van der Waals surface area contributed by atoms with Crippen molar-refractivity contribution in [2.45, 2.75) is 26.2 Å². The fourth-order valence-corrected chi connectivity index (χ4v) is 1.46. The van der Waals surface area contributed by atoms with Gasteiger partial charge in [-0.15, -0.1) is 0 Å². The van der Waals surface area contributed by atoms with Crippen LogP contribution in [0.3, 0.4) is 0 Å². The normalized spacial score (nSPS) is 11.7. The maximum absolute atomic E-state index is 7.32. The number of pyridine rings is 1. The van der Waals surface area contributed by atoms with Crippen molar-refractivity contribution in [3.8, 4) is 0 Å². The largest absolute Gasteiger partial charge is 0.381 e. The Labute approximate surface area is 99.6 Å². The first-order valence-electron chi connectivity index (χ1n) is 5.35. The second-order valence-electron chi connectivity index (χ2n) is 4.99. The highest BCUT2D eigenvalue weighted by molar-refractivity contribution is 5.92. The highest BCUT2D eigenvalue weighted by Gasteiger charge is 2.15. The molecule has 0 atom stereocenters. The molecule has 3 N–H and O–H groups in total. The lowest BCUT2D eigenvalue weighted by atomic mass is 9.88. The van der Waals surface area contributed by atoms with E-state index in [0.29, 0.717) is 5.52 Å². The van der Waals surface area contributed by atoms with E-state index in [4.69, 9.17) is 11.1 Å². The topological polar surface area (TPSA) is 88.5 Å². The molecule has 5 heteroatoms. The summed E-state index contributed by atoms with van der Waals surface area (Å²) in [4.78, 5) is 12.5. The van der Waals surface area contributed by atoms with E-state index in [1.807, 2.05) is 12.3 Å². The molecule has 0 aliphatic heterocycles. The minimum absolute atomic E-state index is 0.0164. The first-order valence-corrected chi connectivity index (χ1v) is 5.35. The summed E-state index contributed by atoms with van der Waals surface area (Å²) in [5.41, 5.74) is 7.91. The predicted octanol–water partition coefficient (Wildman–Crippen LogP) is 1.61. The van der Waals surface area contributed by atoms with Crippen LogP contribution in [0, 0.1) is 5.41 Å². The number of amidine groups is 1. The van der Waals surface area contributed by atoms with E-state index in [1.54, 1.807) is 6.20 Å². The summed E-state index contributed by atoms with van der Waals surface area (Å²) in [6.07, 6.45) is 3.42. The Morgan fingerprint density at radius 1 is 1.18 bits per heavy atom. The molecular weight excluding hydrogens is 214 g/mol. The van der Waals surface area contributed by atoms with E-state index in [-0.39, 0.29) is 17.1 Å². The summed E-state index contributed by atoms with van der Waals surface area (Å²) >= 11 is 0. The van der Waals surface area contributed by atoms with Gasteiger partial charge in [0, 0.05) is 6.20 Å². The molecule has 0 radical (unpaired) electrons. The van der Waals surface area contributed by atoms with Gasteiger partial charge in [-0.2, -0.15) is 0 Å². The van der Waals surface area contributed by atoms with Crippen LogP contribution >= 0.6 is 0 Å². The maximum atomic E-state index is 7.32. The third kappa shape index (κ3) is 2.22. The molecule has 0 saturated carbocycles. The second-order valence-corrected chi connectivity index (χ2v) is 4.99. The molecule has 2 rings (SSSR count). The molecule has 0 bridgehead atoms. The van der Waals surface area contributed by atoms with Crippen LogP contribution in [-0.2, 0) is 5.41 Å². The van der Waals surface area contributed by atoms with Crippen LogP contribution in [0.5, 0.6) is 0 Å². The van der Waals surface area contributed by atoms with Gasteiger partial charge in [-0.25, -0.2) is 9.97 Å². The Morgan fingerprint density at radius 2 is 1.88 bits per heavy atom. The molecule has 0 aliphatic carbocycles. The standard InChI is InChI=1S/C12H15N5/c1-12(2,3)7-4-8-9(15-5-7)6-16-11(17-8)10(13)14/h4-6H,1-3H3,(H3,13,14). The average molecular weight is 229 g/mol. The van der Waals surface area contributed by atoms with Crippen molar-refractivity contribution in [3.63, 3.8) is 0 Å².